The lowest BCUT2D eigenvalue weighted by Crippen LogP contribution is -2.48. The molecule has 1 atom stereocenters. The largest absolute Gasteiger partial charge is 0.378 e. The Morgan fingerprint density at radius 1 is 1.41 bits per heavy atom. The van der Waals surface area contributed by atoms with E-state index >= 15 is 0 Å². The predicted molar refractivity (Wildman–Crippen MR) is 67.7 cm³/mol. The standard InChI is InChI=1S/C11H12Cl2N2O2/c12-7-2-1-3-8(13)10(7)15-11(16)9-6-17-5-4-14-9/h1-3,9,14H,4-6H2,(H,15,16). The molecule has 0 saturated carbocycles. The number of hydrogen-bond acceptors (Lipinski definition) is 3. The van der Waals surface area contributed by atoms with E-state index in [4.69, 9.17) is 27.9 Å². The van der Waals surface area contributed by atoms with Gasteiger partial charge < -0.3 is 15.4 Å². The molecule has 0 aliphatic carbocycles. The molecule has 1 aromatic rings. The molecule has 1 aliphatic rings. The smallest absolute Gasteiger partial charge is 0.243 e. The third-order valence-corrected chi connectivity index (χ3v) is 3.08. The first kappa shape index (κ1) is 12.6. The molecule has 1 aliphatic heterocycles. The van der Waals surface area contributed by atoms with Gasteiger partial charge in [-0.2, -0.15) is 0 Å². The van der Waals surface area contributed by atoms with E-state index in [0.29, 0.717) is 35.5 Å². The van der Waals surface area contributed by atoms with Crippen LogP contribution in [-0.4, -0.2) is 31.7 Å². The van der Waals surface area contributed by atoms with Crippen molar-refractivity contribution >= 4 is 34.8 Å². The van der Waals surface area contributed by atoms with E-state index in [1.54, 1.807) is 18.2 Å². The number of rotatable bonds is 2. The van der Waals surface area contributed by atoms with E-state index in [1.807, 2.05) is 0 Å². The molecule has 92 valence electrons. The zero-order chi connectivity index (χ0) is 12.3. The minimum atomic E-state index is -0.365. The fourth-order valence-electron chi connectivity index (χ4n) is 1.56. The average molecular weight is 275 g/mol. The van der Waals surface area contributed by atoms with Crippen molar-refractivity contribution in [3.05, 3.63) is 28.2 Å². The van der Waals surface area contributed by atoms with Crippen LogP contribution in [0.5, 0.6) is 0 Å². The Labute approximate surface area is 109 Å². The zero-order valence-corrected chi connectivity index (χ0v) is 10.5. The van der Waals surface area contributed by atoms with Crippen molar-refractivity contribution in [3.8, 4) is 0 Å². The number of carbonyl (C=O) groups is 1. The number of nitrogens with one attached hydrogen (secondary N) is 2. The number of ether oxygens (including phenoxy) is 1. The molecule has 2 N–H and O–H groups in total. The fraction of sp³-hybridized carbons (Fsp3) is 0.364. The summed E-state index contributed by atoms with van der Waals surface area (Å²) < 4.78 is 5.21. The Balaban J connectivity index is 2.07. The first-order valence-corrected chi connectivity index (χ1v) is 6.00. The van der Waals surface area contributed by atoms with Crippen molar-refractivity contribution < 1.29 is 9.53 Å². The summed E-state index contributed by atoms with van der Waals surface area (Å²) in [6.45, 7) is 1.64. The molecule has 1 heterocycles. The quantitative estimate of drug-likeness (QED) is 0.867. The number of para-hydroxylation sites is 1. The summed E-state index contributed by atoms with van der Waals surface area (Å²) >= 11 is 11.9. The lowest BCUT2D eigenvalue weighted by atomic mass is 10.2. The molecule has 1 fully saturated rings. The van der Waals surface area contributed by atoms with E-state index in [9.17, 15) is 4.79 Å². The van der Waals surface area contributed by atoms with Gasteiger partial charge in [0.2, 0.25) is 5.91 Å². The summed E-state index contributed by atoms with van der Waals surface area (Å²) in [5, 5.41) is 6.60. The molecule has 0 aromatic heterocycles. The maximum atomic E-state index is 11.9. The van der Waals surface area contributed by atoms with Gasteiger partial charge >= 0.3 is 0 Å². The van der Waals surface area contributed by atoms with Crippen LogP contribution in [0, 0.1) is 0 Å². The molecule has 1 unspecified atom stereocenters. The molecular weight excluding hydrogens is 263 g/mol. The Morgan fingerprint density at radius 3 is 2.71 bits per heavy atom. The van der Waals surface area contributed by atoms with Gasteiger partial charge in [-0.05, 0) is 12.1 Å². The number of hydrogen-bond donors (Lipinski definition) is 2. The highest BCUT2D eigenvalue weighted by Gasteiger charge is 2.22. The van der Waals surface area contributed by atoms with Crippen LogP contribution in [0.15, 0.2) is 18.2 Å². The van der Waals surface area contributed by atoms with Crippen LogP contribution in [0.3, 0.4) is 0 Å². The molecule has 1 aromatic carbocycles. The highest BCUT2D eigenvalue weighted by Crippen LogP contribution is 2.29. The van der Waals surface area contributed by atoms with Crippen LogP contribution < -0.4 is 10.6 Å². The first-order chi connectivity index (χ1) is 8.18. The second-order valence-corrected chi connectivity index (χ2v) is 4.48. The molecule has 0 radical (unpaired) electrons. The number of anilines is 1. The molecule has 1 saturated heterocycles. The lowest BCUT2D eigenvalue weighted by Gasteiger charge is -2.23. The number of halogens is 2. The van der Waals surface area contributed by atoms with Crippen molar-refractivity contribution in [1.29, 1.82) is 0 Å². The van der Waals surface area contributed by atoms with E-state index in [2.05, 4.69) is 10.6 Å². The van der Waals surface area contributed by atoms with Gasteiger partial charge in [-0.25, -0.2) is 0 Å². The Bertz CT molecular complexity index is 400. The number of carbonyl (C=O) groups excluding carboxylic acids is 1. The monoisotopic (exact) mass is 274 g/mol. The molecule has 2 rings (SSSR count). The highest BCUT2D eigenvalue weighted by atomic mass is 35.5. The average Bonchev–Trinajstić information content (AvgIpc) is 2.35. The van der Waals surface area contributed by atoms with Crippen molar-refractivity contribution in [2.45, 2.75) is 6.04 Å². The van der Waals surface area contributed by atoms with Gasteiger partial charge in [0.25, 0.3) is 0 Å². The first-order valence-electron chi connectivity index (χ1n) is 5.24. The third kappa shape index (κ3) is 3.10. The number of morpholine rings is 1. The van der Waals surface area contributed by atoms with Gasteiger partial charge in [0.05, 0.1) is 28.9 Å². The van der Waals surface area contributed by atoms with Gasteiger partial charge in [-0.3, -0.25) is 4.79 Å². The van der Waals surface area contributed by atoms with Crippen molar-refractivity contribution in [2.75, 3.05) is 25.1 Å². The second kappa shape index (κ2) is 5.69. The SMILES string of the molecule is O=C(Nc1c(Cl)cccc1Cl)C1COCCN1. The Morgan fingerprint density at radius 2 is 2.12 bits per heavy atom. The predicted octanol–water partition coefficient (Wildman–Crippen LogP) is 1.92. The molecule has 1 amide bonds. The van der Waals surface area contributed by atoms with Gasteiger partial charge in [0.1, 0.15) is 6.04 Å². The van der Waals surface area contributed by atoms with E-state index in [0.717, 1.165) is 0 Å². The van der Waals surface area contributed by atoms with Crippen molar-refractivity contribution in [3.63, 3.8) is 0 Å². The van der Waals surface area contributed by atoms with Crippen LogP contribution in [0.1, 0.15) is 0 Å². The van der Waals surface area contributed by atoms with Gasteiger partial charge in [-0.1, -0.05) is 29.3 Å². The van der Waals surface area contributed by atoms with E-state index in [1.165, 1.54) is 0 Å². The van der Waals surface area contributed by atoms with E-state index in [-0.39, 0.29) is 11.9 Å². The second-order valence-electron chi connectivity index (χ2n) is 3.67. The molecule has 0 spiro atoms. The maximum Gasteiger partial charge on any atom is 0.243 e. The number of benzene rings is 1. The summed E-state index contributed by atoms with van der Waals surface area (Å²) in [6, 6.07) is 4.71. The summed E-state index contributed by atoms with van der Waals surface area (Å²) in [7, 11) is 0. The Hall–Kier alpha value is -0.810. The summed E-state index contributed by atoms with van der Waals surface area (Å²) in [5.74, 6) is -0.195. The van der Waals surface area contributed by atoms with Gasteiger partial charge in [0.15, 0.2) is 0 Å². The summed E-state index contributed by atoms with van der Waals surface area (Å²) in [4.78, 5) is 11.9. The van der Waals surface area contributed by atoms with Crippen molar-refractivity contribution in [1.82, 2.24) is 5.32 Å². The summed E-state index contributed by atoms with van der Waals surface area (Å²) in [6.07, 6.45) is 0. The van der Waals surface area contributed by atoms with Crippen LogP contribution >= 0.6 is 23.2 Å². The minimum Gasteiger partial charge on any atom is -0.378 e. The van der Waals surface area contributed by atoms with Crippen LogP contribution in [-0.2, 0) is 9.53 Å². The normalized spacial score (nSPS) is 20.0. The molecule has 4 nitrogen and oxygen atoms in total. The van der Waals surface area contributed by atoms with Crippen LogP contribution in [0.25, 0.3) is 0 Å². The zero-order valence-electron chi connectivity index (χ0n) is 9.00. The minimum absolute atomic E-state index is 0.195. The highest BCUT2D eigenvalue weighted by molar-refractivity contribution is 6.39. The van der Waals surface area contributed by atoms with Gasteiger partial charge in [-0.15, -0.1) is 0 Å². The summed E-state index contributed by atoms with van der Waals surface area (Å²) in [5.41, 5.74) is 0.438. The fourth-order valence-corrected chi connectivity index (χ4v) is 2.05. The van der Waals surface area contributed by atoms with Crippen LogP contribution in [0.4, 0.5) is 5.69 Å². The van der Waals surface area contributed by atoms with Crippen molar-refractivity contribution in [2.24, 2.45) is 0 Å². The van der Waals surface area contributed by atoms with Crippen LogP contribution in [0.2, 0.25) is 10.0 Å². The molecule has 6 heteroatoms. The maximum absolute atomic E-state index is 11.9. The lowest BCUT2D eigenvalue weighted by molar-refractivity contribution is -0.120. The van der Waals surface area contributed by atoms with E-state index < -0.39 is 0 Å². The molecule has 0 bridgehead atoms. The topological polar surface area (TPSA) is 50.4 Å². The Kier molecular flexibility index (Phi) is 4.23. The molecule has 17 heavy (non-hydrogen) atoms. The third-order valence-electron chi connectivity index (χ3n) is 2.45. The molecular formula is C11H12Cl2N2O2. The number of amides is 1. The van der Waals surface area contributed by atoms with Gasteiger partial charge in [0, 0.05) is 6.54 Å².